The molecule has 0 aliphatic heterocycles. The van der Waals surface area contributed by atoms with Gasteiger partial charge in [0, 0.05) is 17.8 Å². The Morgan fingerprint density at radius 2 is 1.05 bits per heavy atom. The minimum absolute atomic E-state index is 0.187. The molecular weight excluding hydrogens is 522 g/mol. The summed E-state index contributed by atoms with van der Waals surface area (Å²) in [5.41, 5.74) is 1.87. The minimum atomic E-state index is -0.416. The van der Waals surface area contributed by atoms with Gasteiger partial charge in [0.15, 0.2) is 0 Å². The van der Waals surface area contributed by atoms with E-state index in [4.69, 9.17) is 37.9 Å². The van der Waals surface area contributed by atoms with Gasteiger partial charge >= 0.3 is 11.9 Å². The summed E-state index contributed by atoms with van der Waals surface area (Å²) in [6.45, 7) is 13.6. The van der Waals surface area contributed by atoms with E-state index in [1.54, 1.807) is 19.1 Å². The van der Waals surface area contributed by atoms with Gasteiger partial charge in [-0.25, -0.2) is 9.59 Å². The summed E-state index contributed by atoms with van der Waals surface area (Å²) >= 11 is 0. The van der Waals surface area contributed by atoms with Crippen LogP contribution in [-0.2, 0) is 42.7 Å². The van der Waals surface area contributed by atoms with Crippen LogP contribution >= 0.6 is 0 Å². The normalized spacial score (nSPS) is 10.8. The summed E-state index contributed by atoms with van der Waals surface area (Å²) in [4.78, 5) is 23.2. The minimum Gasteiger partial charge on any atom is -0.460 e. The Balaban J connectivity index is 1.78. The Hall–Kier alpha value is -2.54. The van der Waals surface area contributed by atoms with E-state index in [9.17, 15) is 9.59 Å². The predicted octanol–water partition coefficient (Wildman–Crippen LogP) is 3.27. The molecule has 0 saturated carbocycles. The lowest BCUT2D eigenvalue weighted by Crippen LogP contribution is -2.15. The number of hydrogen-bond donors (Lipinski definition) is 1. The Morgan fingerprint density at radius 1 is 0.650 bits per heavy atom. The molecule has 11 heteroatoms. The van der Waals surface area contributed by atoms with Gasteiger partial charge in [-0.05, 0) is 37.6 Å². The monoisotopic (exact) mass is 569 g/mol. The van der Waals surface area contributed by atoms with E-state index < -0.39 is 5.97 Å². The van der Waals surface area contributed by atoms with E-state index in [0.717, 1.165) is 25.1 Å². The molecule has 1 rings (SSSR count). The maximum atomic E-state index is 12.1. The third-order valence-corrected chi connectivity index (χ3v) is 5.11. The molecule has 1 aromatic rings. The number of esters is 2. The summed E-state index contributed by atoms with van der Waals surface area (Å²) in [7, 11) is 0. The number of ether oxygens (including phenoxy) is 8. The second-order valence-electron chi connectivity index (χ2n) is 8.58. The van der Waals surface area contributed by atoms with Crippen molar-refractivity contribution in [2.75, 3.05) is 104 Å². The molecule has 11 nitrogen and oxygen atoms in total. The van der Waals surface area contributed by atoms with Crippen molar-refractivity contribution in [1.82, 2.24) is 0 Å². The zero-order valence-corrected chi connectivity index (χ0v) is 24.1. The zero-order valence-electron chi connectivity index (χ0n) is 24.1. The molecule has 228 valence electrons. The molecule has 0 bridgehead atoms. The number of hydrogen-bond acceptors (Lipinski definition) is 11. The summed E-state index contributed by atoms with van der Waals surface area (Å²) < 4.78 is 42.5. The molecule has 0 saturated heterocycles. The van der Waals surface area contributed by atoms with Gasteiger partial charge < -0.3 is 43.2 Å². The van der Waals surface area contributed by atoms with Crippen LogP contribution < -0.4 is 5.32 Å². The van der Waals surface area contributed by atoms with Crippen molar-refractivity contribution in [3.8, 4) is 0 Å². The van der Waals surface area contributed by atoms with Crippen molar-refractivity contribution in [3.05, 3.63) is 42.0 Å². The molecular formula is C29H47NO10. The molecule has 0 atom stereocenters. The van der Waals surface area contributed by atoms with Gasteiger partial charge in [0.25, 0.3) is 0 Å². The van der Waals surface area contributed by atoms with Crippen LogP contribution in [0.3, 0.4) is 0 Å². The fourth-order valence-corrected chi connectivity index (χ4v) is 2.93. The second-order valence-corrected chi connectivity index (χ2v) is 8.58. The van der Waals surface area contributed by atoms with Crippen LogP contribution in [-0.4, -0.2) is 111 Å². The number of benzene rings is 1. The van der Waals surface area contributed by atoms with Crippen LogP contribution in [0.15, 0.2) is 36.4 Å². The van der Waals surface area contributed by atoms with Crippen molar-refractivity contribution in [2.24, 2.45) is 0 Å². The van der Waals surface area contributed by atoms with Crippen LogP contribution in [0.2, 0.25) is 0 Å². The fourth-order valence-electron chi connectivity index (χ4n) is 2.93. The number of unbranched alkanes of at least 4 members (excludes halogenated alkanes) is 1. The maximum Gasteiger partial charge on any atom is 0.338 e. The molecule has 0 amide bonds. The highest BCUT2D eigenvalue weighted by Crippen LogP contribution is 2.10. The standard InChI is InChI=1S/C29H47NO10/c1-4-5-10-30-27-8-6-26(7-9-27)29(32)40-24-22-38-20-18-36-16-14-34-12-11-33-13-15-35-17-19-37-21-23-39-28(31)25(2)3/h6-9,30H,2,4-5,10-24H2,1,3H3. The molecule has 0 aliphatic carbocycles. The van der Waals surface area contributed by atoms with E-state index in [1.165, 1.54) is 0 Å². The lowest BCUT2D eigenvalue weighted by molar-refractivity contribution is -0.140. The first-order valence-corrected chi connectivity index (χ1v) is 13.8. The number of carbonyl (C=O) groups is 2. The number of rotatable bonds is 27. The molecule has 0 heterocycles. The molecule has 0 radical (unpaired) electrons. The van der Waals surface area contributed by atoms with Gasteiger partial charge in [-0.1, -0.05) is 19.9 Å². The number of carbonyl (C=O) groups excluding carboxylic acids is 2. The van der Waals surface area contributed by atoms with Crippen LogP contribution in [0.1, 0.15) is 37.0 Å². The molecule has 0 fully saturated rings. The molecule has 40 heavy (non-hydrogen) atoms. The van der Waals surface area contributed by atoms with Crippen LogP contribution in [0.25, 0.3) is 0 Å². The summed E-state index contributed by atoms with van der Waals surface area (Å²) in [6.07, 6.45) is 2.24. The third-order valence-electron chi connectivity index (χ3n) is 5.11. The highest BCUT2D eigenvalue weighted by molar-refractivity contribution is 5.89. The Bertz CT molecular complexity index is 788. The largest absolute Gasteiger partial charge is 0.460 e. The molecule has 0 unspecified atom stereocenters. The SMILES string of the molecule is C=C(C)C(=O)OCCOCCOCCOCCOCCOCCOCCOC(=O)c1ccc(NCCCC)cc1. The van der Waals surface area contributed by atoms with E-state index >= 15 is 0 Å². The number of nitrogens with one attached hydrogen (secondary N) is 1. The lowest BCUT2D eigenvalue weighted by atomic mass is 10.2. The Morgan fingerprint density at radius 3 is 1.45 bits per heavy atom. The van der Waals surface area contributed by atoms with E-state index in [0.29, 0.717) is 90.4 Å². The highest BCUT2D eigenvalue weighted by Gasteiger charge is 2.07. The summed E-state index contributed by atoms with van der Waals surface area (Å²) in [5.74, 6) is -0.781. The molecule has 1 N–H and O–H groups in total. The quantitative estimate of drug-likeness (QED) is 0.0955. The first kappa shape index (κ1) is 35.5. The smallest absolute Gasteiger partial charge is 0.338 e. The van der Waals surface area contributed by atoms with E-state index in [-0.39, 0.29) is 19.2 Å². The van der Waals surface area contributed by atoms with Gasteiger partial charge in [-0.15, -0.1) is 0 Å². The zero-order chi connectivity index (χ0) is 29.1. The van der Waals surface area contributed by atoms with Crippen molar-refractivity contribution in [2.45, 2.75) is 26.7 Å². The van der Waals surface area contributed by atoms with Crippen LogP contribution in [0, 0.1) is 0 Å². The first-order chi connectivity index (χ1) is 19.5. The average molecular weight is 570 g/mol. The maximum absolute atomic E-state index is 12.1. The highest BCUT2D eigenvalue weighted by atomic mass is 16.6. The first-order valence-electron chi connectivity index (χ1n) is 13.8. The van der Waals surface area contributed by atoms with E-state index in [2.05, 4.69) is 18.8 Å². The number of anilines is 1. The third kappa shape index (κ3) is 20.4. The van der Waals surface area contributed by atoms with Crippen LogP contribution in [0.5, 0.6) is 0 Å². The fraction of sp³-hybridized carbons (Fsp3) is 0.655. The molecule has 0 aliphatic rings. The van der Waals surface area contributed by atoms with E-state index in [1.807, 2.05) is 12.1 Å². The van der Waals surface area contributed by atoms with Crippen molar-refractivity contribution in [1.29, 1.82) is 0 Å². The van der Waals surface area contributed by atoms with Gasteiger partial charge in [0.05, 0.1) is 84.8 Å². The topological polar surface area (TPSA) is 120 Å². The average Bonchev–Trinajstić information content (AvgIpc) is 2.95. The second kappa shape index (κ2) is 25.4. The van der Waals surface area contributed by atoms with Gasteiger partial charge in [-0.3, -0.25) is 0 Å². The van der Waals surface area contributed by atoms with Crippen molar-refractivity contribution < 1.29 is 47.5 Å². The van der Waals surface area contributed by atoms with Gasteiger partial charge in [0.1, 0.15) is 13.2 Å². The molecule has 0 spiro atoms. The van der Waals surface area contributed by atoms with Crippen molar-refractivity contribution >= 4 is 17.6 Å². The van der Waals surface area contributed by atoms with Crippen molar-refractivity contribution in [3.63, 3.8) is 0 Å². The van der Waals surface area contributed by atoms with Crippen LogP contribution in [0.4, 0.5) is 5.69 Å². The Labute approximate surface area is 238 Å². The van der Waals surface area contributed by atoms with Gasteiger partial charge in [0.2, 0.25) is 0 Å². The summed E-state index contributed by atoms with van der Waals surface area (Å²) in [5, 5.41) is 3.31. The lowest BCUT2D eigenvalue weighted by Gasteiger charge is -2.09. The Kier molecular flexibility index (Phi) is 22.6. The molecule has 0 aromatic heterocycles. The summed E-state index contributed by atoms with van der Waals surface area (Å²) in [6, 6.07) is 7.27. The molecule has 1 aromatic carbocycles. The predicted molar refractivity (Wildman–Crippen MR) is 151 cm³/mol. The van der Waals surface area contributed by atoms with Gasteiger partial charge in [-0.2, -0.15) is 0 Å².